The number of hydrogen-bond acceptors (Lipinski definition) is 3. The zero-order valence-corrected chi connectivity index (χ0v) is 10.8. The van der Waals surface area contributed by atoms with E-state index in [1.165, 1.54) is 0 Å². The minimum absolute atomic E-state index is 0.0635. The molecule has 1 atom stereocenters. The SMILES string of the molecule is Cc1ccc(C(=O)N(C)C(C)c2ccco2)cn1. The van der Waals surface area contributed by atoms with Crippen molar-refractivity contribution in [2.75, 3.05) is 7.05 Å². The van der Waals surface area contributed by atoms with Crippen molar-refractivity contribution in [1.82, 2.24) is 9.88 Å². The molecule has 94 valence electrons. The second-order valence-electron chi connectivity index (χ2n) is 4.30. The lowest BCUT2D eigenvalue weighted by Crippen LogP contribution is -2.29. The quantitative estimate of drug-likeness (QED) is 0.834. The Labute approximate surface area is 106 Å². The van der Waals surface area contributed by atoms with Crippen molar-refractivity contribution in [1.29, 1.82) is 0 Å². The second-order valence-corrected chi connectivity index (χ2v) is 4.30. The van der Waals surface area contributed by atoms with E-state index in [2.05, 4.69) is 4.98 Å². The number of rotatable bonds is 3. The summed E-state index contributed by atoms with van der Waals surface area (Å²) in [6, 6.07) is 7.20. The Kier molecular flexibility index (Phi) is 3.46. The Morgan fingerprint density at radius 1 is 1.39 bits per heavy atom. The second kappa shape index (κ2) is 5.04. The number of nitrogens with zero attached hydrogens (tertiary/aromatic N) is 2. The van der Waals surface area contributed by atoms with Gasteiger partial charge in [-0.3, -0.25) is 9.78 Å². The standard InChI is InChI=1S/C14H16N2O2/c1-10-6-7-12(9-15-10)14(17)16(3)11(2)13-5-4-8-18-13/h4-9,11H,1-3H3. The van der Waals surface area contributed by atoms with Crippen LogP contribution < -0.4 is 0 Å². The maximum atomic E-state index is 12.2. The van der Waals surface area contributed by atoms with E-state index in [4.69, 9.17) is 4.42 Å². The van der Waals surface area contributed by atoms with Gasteiger partial charge in [0, 0.05) is 18.9 Å². The molecule has 4 heteroatoms. The lowest BCUT2D eigenvalue weighted by molar-refractivity contribution is 0.0726. The summed E-state index contributed by atoms with van der Waals surface area (Å²) in [6.07, 6.45) is 3.21. The first-order valence-corrected chi connectivity index (χ1v) is 5.83. The lowest BCUT2D eigenvalue weighted by Gasteiger charge is -2.23. The predicted molar refractivity (Wildman–Crippen MR) is 68.2 cm³/mol. The lowest BCUT2D eigenvalue weighted by atomic mass is 10.2. The number of amides is 1. The van der Waals surface area contributed by atoms with Gasteiger partial charge in [0.25, 0.3) is 5.91 Å². The van der Waals surface area contributed by atoms with E-state index in [1.807, 2.05) is 32.0 Å². The van der Waals surface area contributed by atoms with Crippen molar-refractivity contribution in [2.24, 2.45) is 0 Å². The van der Waals surface area contributed by atoms with Gasteiger partial charge >= 0.3 is 0 Å². The third-order valence-corrected chi connectivity index (χ3v) is 3.01. The maximum absolute atomic E-state index is 12.2. The first-order chi connectivity index (χ1) is 8.59. The Morgan fingerprint density at radius 2 is 2.17 bits per heavy atom. The molecular formula is C14H16N2O2. The molecular weight excluding hydrogens is 228 g/mol. The fourth-order valence-electron chi connectivity index (χ4n) is 1.69. The Hall–Kier alpha value is -2.10. The highest BCUT2D eigenvalue weighted by Gasteiger charge is 2.20. The minimum atomic E-state index is -0.103. The van der Waals surface area contributed by atoms with Gasteiger partial charge in [0.05, 0.1) is 17.9 Å². The average molecular weight is 244 g/mol. The van der Waals surface area contributed by atoms with Crippen LogP contribution >= 0.6 is 0 Å². The molecule has 0 spiro atoms. The molecule has 0 aliphatic rings. The number of furan rings is 1. The van der Waals surface area contributed by atoms with Gasteiger partial charge in [-0.15, -0.1) is 0 Å². The summed E-state index contributed by atoms with van der Waals surface area (Å²) in [4.78, 5) is 18.0. The normalized spacial score (nSPS) is 12.2. The summed E-state index contributed by atoms with van der Waals surface area (Å²) in [5.41, 5.74) is 1.48. The number of hydrogen-bond donors (Lipinski definition) is 0. The van der Waals surface area contributed by atoms with E-state index in [0.717, 1.165) is 11.5 Å². The van der Waals surface area contributed by atoms with E-state index >= 15 is 0 Å². The van der Waals surface area contributed by atoms with Gasteiger partial charge in [-0.05, 0) is 38.1 Å². The van der Waals surface area contributed by atoms with Crippen molar-refractivity contribution >= 4 is 5.91 Å². The molecule has 0 aliphatic heterocycles. The highest BCUT2D eigenvalue weighted by atomic mass is 16.3. The zero-order chi connectivity index (χ0) is 13.1. The van der Waals surface area contributed by atoms with Crippen molar-refractivity contribution in [3.05, 3.63) is 53.7 Å². The van der Waals surface area contributed by atoms with Crippen LogP contribution in [0.4, 0.5) is 0 Å². The van der Waals surface area contributed by atoms with E-state index < -0.39 is 0 Å². The Bertz CT molecular complexity index is 517. The van der Waals surface area contributed by atoms with Gasteiger partial charge in [0.15, 0.2) is 0 Å². The summed E-state index contributed by atoms with van der Waals surface area (Å²) in [5, 5.41) is 0. The molecule has 0 aromatic carbocycles. The van der Waals surface area contributed by atoms with Crippen molar-refractivity contribution in [3.63, 3.8) is 0 Å². The smallest absolute Gasteiger partial charge is 0.255 e. The molecule has 4 nitrogen and oxygen atoms in total. The van der Waals surface area contributed by atoms with Crippen molar-refractivity contribution in [2.45, 2.75) is 19.9 Å². The van der Waals surface area contributed by atoms with E-state index in [0.29, 0.717) is 5.56 Å². The first kappa shape index (κ1) is 12.4. The minimum Gasteiger partial charge on any atom is -0.467 e. The summed E-state index contributed by atoms with van der Waals surface area (Å²) < 4.78 is 5.31. The van der Waals surface area contributed by atoms with Gasteiger partial charge in [-0.1, -0.05) is 0 Å². The van der Waals surface area contributed by atoms with Crippen LogP contribution in [-0.2, 0) is 0 Å². The predicted octanol–water partition coefficient (Wildman–Crippen LogP) is 2.82. The highest BCUT2D eigenvalue weighted by Crippen LogP contribution is 2.20. The summed E-state index contributed by atoms with van der Waals surface area (Å²) in [5.74, 6) is 0.706. The zero-order valence-electron chi connectivity index (χ0n) is 10.8. The first-order valence-electron chi connectivity index (χ1n) is 5.83. The molecule has 0 radical (unpaired) electrons. The van der Waals surface area contributed by atoms with Crippen LogP contribution in [0.25, 0.3) is 0 Å². The molecule has 0 saturated heterocycles. The van der Waals surface area contributed by atoms with Crippen molar-refractivity contribution in [3.8, 4) is 0 Å². The molecule has 2 rings (SSSR count). The van der Waals surface area contributed by atoms with Crippen LogP contribution in [0, 0.1) is 6.92 Å². The third-order valence-electron chi connectivity index (χ3n) is 3.01. The largest absolute Gasteiger partial charge is 0.467 e. The number of aromatic nitrogens is 1. The van der Waals surface area contributed by atoms with Crippen LogP contribution in [-0.4, -0.2) is 22.8 Å². The van der Waals surface area contributed by atoms with Crippen LogP contribution in [0.3, 0.4) is 0 Å². The van der Waals surface area contributed by atoms with Gasteiger partial charge in [-0.2, -0.15) is 0 Å². The van der Waals surface area contributed by atoms with Gasteiger partial charge in [0.1, 0.15) is 5.76 Å². The molecule has 0 bridgehead atoms. The summed E-state index contributed by atoms with van der Waals surface area (Å²) in [6.45, 7) is 3.82. The van der Waals surface area contributed by atoms with E-state index in [9.17, 15) is 4.79 Å². The van der Waals surface area contributed by atoms with Gasteiger partial charge in [0.2, 0.25) is 0 Å². The number of carbonyl (C=O) groups excluding carboxylic acids is 1. The van der Waals surface area contributed by atoms with Gasteiger partial charge in [-0.25, -0.2) is 0 Å². The molecule has 2 aromatic heterocycles. The molecule has 0 fully saturated rings. The Balaban J connectivity index is 2.16. The molecule has 1 amide bonds. The molecule has 0 N–H and O–H groups in total. The average Bonchev–Trinajstić information content (AvgIpc) is 2.91. The summed E-state index contributed by atoms with van der Waals surface area (Å²) >= 11 is 0. The molecule has 0 saturated carbocycles. The molecule has 18 heavy (non-hydrogen) atoms. The molecule has 0 aliphatic carbocycles. The van der Waals surface area contributed by atoms with Crippen LogP contribution in [0.5, 0.6) is 0 Å². The van der Waals surface area contributed by atoms with Gasteiger partial charge < -0.3 is 9.32 Å². The van der Waals surface area contributed by atoms with E-state index in [1.54, 1.807) is 30.5 Å². The third kappa shape index (κ3) is 2.42. The number of carbonyl (C=O) groups is 1. The molecule has 1 unspecified atom stereocenters. The van der Waals surface area contributed by atoms with E-state index in [-0.39, 0.29) is 11.9 Å². The van der Waals surface area contributed by atoms with Crippen LogP contribution in [0.1, 0.15) is 34.8 Å². The van der Waals surface area contributed by atoms with Crippen molar-refractivity contribution < 1.29 is 9.21 Å². The molecule has 2 heterocycles. The number of pyridine rings is 1. The Morgan fingerprint density at radius 3 is 2.72 bits per heavy atom. The van der Waals surface area contributed by atoms with Crippen LogP contribution in [0.15, 0.2) is 41.1 Å². The highest BCUT2D eigenvalue weighted by molar-refractivity contribution is 5.93. The molecule has 2 aromatic rings. The maximum Gasteiger partial charge on any atom is 0.255 e. The van der Waals surface area contributed by atoms with Crippen LogP contribution in [0.2, 0.25) is 0 Å². The summed E-state index contributed by atoms with van der Waals surface area (Å²) in [7, 11) is 1.76. The topological polar surface area (TPSA) is 46.3 Å². The number of aryl methyl sites for hydroxylation is 1. The monoisotopic (exact) mass is 244 g/mol. The fourth-order valence-corrected chi connectivity index (χ4v) is 1.69. The fraction of sp³-hybridized carbons (Fsp3) is 0.286.